The number of nitrogens with one attached hydrogen (secondary N) is 1. The molecule has 0 aromatic heterocycles. The fraction of sp³-hybridized carbons (Fsp3) is 0.294. The summed E-state index contributed by atoms with van der Waals surface area (Å²) in [5, 5.41) is 4.51. The average Bonchev–Trinajstić information content (AvgIpc) is 2.52. The van der Waals surface area contributed by atoms with Gasteiger partial charge in [0.15, 0.2) is 0 Å². The van der Waals surface area contributed by atoms with E-state index in [4.69, 9.17) is 32.7 Å². The zero-order chi connectivity index (χ0) is 15.9. The van der Waals surface area contributed by atoms with Crippen molar-refractivity contribution in [3.63, 3.8) is 0 Å². The van der Waals surface area contributed by atoms with Crippen LogP contribution in [0, 0.1) is 0 Å². The highest BCUT2D eigenvalue weighted by Gasteiger charge is 2.04. The lowest BCUT2D eigenvalue weighted by Crippen LogP contribution is -2.01. The molecule has 0 fully saturated rings. The first-order chi connectivity index (χ1) is 10.6. The molecule has 2 aromatic rings. The number of hydrogen-bond donors (Lipinski definition) is 1. The Morgan fingerprint density at radius 2 is 1.73 bits per heavy atom. The van der Waals surface area contributed by atoms with Gasteiger partial charge >= 0.3 is 0 Å². The summed E-state index contributed by atoms with van der Waals surface area (Å²) < 4.78 is 10.7. The first-order valence-electron chi connectivity index (χ1n) is 7.12. The van der Waals surface area contributed by atoms with E-state index in [1.165, 1.54) is 0 Å². The molecule has 0 saturated carbocycles. The lowest BCUT2D eigenvalue weighted by Gasteiger charge is -2.11. The van der Waals surface area contributed by atoms with Gasteiger partial charge in [0.1, 0.15) is 11.5 Å². The molecule has 0 spiro atoms. The van der Waals surface area contributed by atoms with E-state index < -0.39 is 0 Å². The van der Waals surface area contributed by atoms with Crippen molar-refractivity contribution in [2.45, 2.75) is 19.9 Å². The predicted octanol–water partition coefficient (Wildman–Crippen LogP) is 5.40. The molecular weight excluding hydrogens is 321 g/mol. The van der Waals surface area contributed by atoms with Gasteiger partial charge in [-0.2, -0.15) is 0 Å². The molecule has 0 heterocycles. The SMILES string of the molecule is CCCOc1ccc(CNc2ccc(OC)c(Cl)c2)cc1Cl. The molecule has 0 saturated heterocycles. The first-order valence-corrected chi connectivity index (χ1v) is 7.88. The summed E-state index contributed by atoms with van der Waals surface area (Å²) in [7, 11) is 1.60. The van der Waals surface area contributed by atoms with Crippen LogP contribution in [0.25, 0.3) is 0 Å². The van der Waals surface area contributed by atoms with E-state index >= 15 is 0 Å². The molecule has 0 aliphatic rings. The van der Waals surface area contributed by atoms with E-state index in [9.17, 15) is 0 Å². The van der Waals surface area contributed by atoms with Gasteiger partial charge in [0.2, 0.25) is 0 Å². The quantitative estimate of drug-likeness (QED) is 0.732. The van der Waals surface area contributed by atoms with Crippen molar-refractivity contribution in [3.05, 3.63) is 52.0 Å². The van der Waals surface area contributed by atoms with Crippen LogP contribution in [-0.2, 0) is 6.54 Å². The number of rotatable bonds is 7. The number of halogens is 2. The minimum atomic E-state index is 0.578. The normalized spacial score (nSPS) is 10.4. The van der Waals surface area contributed by atoms with Crippen LogP contribution in [0.2, 0.25) is 10.0 Å². The van der Waals surface area contributed by atoms with E-state index in [-0.39, 0.29) is 0 Å². The molecule has 0 bridgehead atoms. The van der Waals surface area contributed by atoms with Crippen molar-refractivity contribution in [1.29, 1.82) is 0 Å². The molecule has 5 heteroatoms. The molecule has 2 aromatic carbocycles. The first kappa shape index (κ1) is 16.8. The van der Waals surface area contributed by atoms with Crippen molar-refractivity contribution >= 4 is 28.9 Å². The van der Waals surface area contributed by atoms with Crippen LogP contribution in [0.4, 0.5) is 5.69 Å². The maximum Gasteiger partial charge on any atom is 0.137 e. The number of ether oxygens (including phenoxy) is 2. The Morgan fingerprint density at radius 1 is 1.00 bits per heavy atom. The van der Waals surface area contributed by atoms with Gasteiger partial charge in [-0.1, -0.05) is 36.2 Å². The summed E-state index contributed by atoms with van der Waals surface area (Å²) in [5.41, 5.74) is 1.99. The summed E-state index contributed by atoms with van der Waals surface area (Å²) in [4.78, 5) is 0. The molecule has 0 aliphatic carbocycles. The summed E-state index contributed by atoms with van der Waals surface area (Å²) >= 11 is 12.3. The van der Waals surface area contributed by atoms with Crippen molar-refractivity contribution in [2.24, 2.45) is 0 Å². The van der Waals surface area contributed by atoms with Gasteiger partial charge < -0.3 is 14.8 Å². The zero-order valence-corrected chi connectivity index (χ0v) is 14.2. The highest BCUT2D eigenvalue weighted by atomic mass is 35.5. The second kappa shape index (κ2) is 8.16. The number of methoxy groups -OCH3 is 1. The fourth-order valence-corrected chi connectivity index (χ4v) is 2.48. The van der Waals surface area contributed by atoms with Gasteiger partial charge in [0, 0.05) is 12.2 Å². The number of benzene rings is 2. The van der Waals surface area contributed by atoms with E-state index in [1.54, 1.807) is 7.11 Å². The number of hydrogen-bond acceptors (Lipinski definition) is 3. The molecule has 22 heavy (non-hydrogen) atoms. The maximum atomic E-state index is 6.22. The second-order valence-corrected chi connectivity index (χ2v) is 5.63. The lowest BCUT2D eigenvalue weighted by atomic mass is 10.2. The molecule has 3 nitrogen and oxygen atoms in total. The van der Waals surface area contributed by atoms with Crippen molar-refractivity contribution in [3.8, 4) is 11.5 Å². The van der Waals surface area contributed by atoms with Gasteiger partial charge in [0.25, 0.3) is 0 Å². The molecule has 0 aliphatic heterocycles. The van der Waals surface area contributed by atoms with Gasteiger partial charge in [-0.25, -0.2) is 0 Å². The molecule has 0 radical (unpaired) electrons. The monoisotopic (exact) mass is 339 g/mol. The minimum Gasteiger partial charge on any atom is -0.495 e. The smallest absolute Gasteiger partial charge is 0.137 e. The molecular formula is C17H19Cl2NO2. The zero-order valence-electron chi connectivity index (χ0n) is 12.7. The Bertz CT molecular complexity index is 632. The fourth-order valence-electron chi connectivity index (χ4n) is 1.96. The average molecular weight is 340 g/mol. The second-order valence-electron chi connectivity index (χ2n) is 4.82. The summed E-state index contributed by atoms with van der Waals surface area (Å²) in [5.74, 6) is 1.38. The van der Waals surface area contributed by atoms with Crippen molar-refractivity contribution in [2.75, 3.05) is 19.0 Å². The third kappa shape index (κ3) is 4.46. The molecule has 118 valence electrons. The Balaban J connectivity index is 1.99. The van der Waals surface area contributed by atoms with Crippen LogP contribution >= 0.6 is 23.2 Å². The van der Waals surface area contributed by atoms with E-state index in [0.717, 1.165) is 23.4 Å². The summed E-state index contributed by atoms with van der Waals surface area (Å²) in [6.45, 7) is 3.38. The Kier molecular flexibility index (Phi) is 6.22. The minimum absolute atomic E-state index is 0.578. The summed E-state index contributed by atoms with van der Waals surface area (Å²) in [6, 6.07) is 11.4. The van der Waals surface area contributed by atoms with Gasteiger partial charge in [-0.3, -0.25) is 0 Å². The molecule has 0 unspecified atom stereocenters. The highest BCUT2D eigenvalue weighted by molar-refractivity contribution is 6.32. The van der Waals surface area contributed by atoms with Crippen molar-refractivity contribution < 1.29 is 9.47 Å². The molecule has 2 rings (SSSR count). The third-order valence-electron chi connectivity index (χ3n) is 3.11. The topological polar surface area (TPSA) is 30.5 Å². The van der Waals surface area contributed by atoms with Crippen molar-refractivity contribution in [1.82, 2.24) is 0 Å². The third-order valence-corrected chi connectivity index (χ3v) is 3.70. The summed E-state index contributed by atoms with van der Waals surface area (Å²) in [6.07, 6.45) is 0.956. The van der Waals surface area contributed by atoms with E-state index in [2.05, 4.69) is 12.2 Å². The van der Waals surface area contributed by atoms with E-state index in [1.807, 2.05) is 36.4 Å². The standard InChI is InChI=1S/C17H19Cl2NO2/c1-3-8-22-17-6-4-12(9-14(17)18)11-20-13-5-7-16(21-2)15(19)10-13/h4-7,9-10,20H,3,8,11H2,1-2H3. The van der Waals surface area contributed by atoms with Crippen LogP contribution in [0.3, 0.4) is 0 Å². The van der Waals surface area contributed by atoms with Crippen LogP contribution in [0.1, 0.15) is 18.9 Å². The van der Waals surface area contributed by atoms with Gasteiger partial charge in [-0.05, 0) is 42.3 Å². The predicted molar refractivity (Wildman–Crippen MR) is 92.6 cm³/mol. The van der Waals surface area contributed by atoms with Crippen LogP contribution < -0.4 is 14.8 Å². The Morgan fingerprint density at radius 3 is 2.36 bits per heavy atom. The lowest BCUT2D eigenvalue weighted by molar-refractivity contribution is 0.317. The maximum absolute atomic E-state index is 6.22. The van der Waals surface area contributed by atoms with Gasteiger partial charge in [0.05, 0.1) is 23.8 Å². The van der Waals surface area contributed by atoms with Crippen LogP contribution in [0.5, 0.6) is 11.5 Å². The highest BCUT2D eigenvalue weighted by Crippen LogP contribution is 2.28. The molecule has 1 N–H and O–H groups in total. The van der Waals surface area contributed by atoms with Crippen LogP contribution in [-0.4, -0.2) is 13.7 Å². The van der Waals surface area contributed by atoms with Crippen LogP contribution in [0.15, 0.2) is 36.4 Å². The molecule has 0 atom stereocenters. The molecule has 0 amide bonds. The number of anilines is 1. The Hall–Kier alpha value is -1.58. The van der Waals surface area contributed by atoms with E-state index in [0.29, 0.717) is 28.9 Å². The van der Waals surface area contributed by atoms with Gasteiger partial charge in [-0.15, -0.1) is 0 Å². The largest absolute Gasteiger partial charge is 0.495 e. The Labute approximate surface area is 141 Å².